The van der Waals surface area contributed by atoms with E-state index in [4.69, 9.17) is 0 Å². The molecule has 1 amide bonds. The number of fused-ring (bicyclic) bond motifs is 1. The van der Waals surface area contributed by atoms with Gasteiger partial charge in [-0.3, -0.25) is 4.79 Å². The maximum absolute atomic E-state index is 12.8. The number of aromatic nitrogens is 4. The number of amides is 1. The minimum Gasteiger partial charge on any atom is -0.354 e. The highest BCUT2D eigenvalue weighted by molar-refractivity contribution is 5.80. The first-order valence-electron chi connectivity index (χ1n) is 9.66. The van der Waals surface area contributed by atoms with E-state index >= 15 is 0 Å². The molecule has 1 aromatic carbocycles. The van der Waals surface area contributed by atoms with Crippen LogP contribution in [0.4, 0.5) is 11.8 Å². The molecule has 1 aliphatic heterocycles. The predicted octanol–water partition coefficient (Wildman–Crippen LogP) is 1.92. The Morgan fingerprint density at radius 2 is 1.93 bits per heavy atom. The van der Waals surface area contributed by atoms with E-state index in [2.05, 4.69) is 25.2 Å². The van der Waals surface area contributed by atoms with E-state index in [1.807, 2.05) is 53.6 Å². The SMILES string of the molecule is CCNc1nc(C)cc(N2CCN(C(=O)Cn3cnc4ccccc43)CC2)n1. The molecular formula is C20H25N7O. The largest absolute Gasteiger partial charge is 0.354 e. The minimum atomic E-state index is 0.120. The lowest BCUT2D eigenvalue weighted by Gasteiger charge is -2.35. The van der Waals surface area contributed by atoms with Crippen LogP contribution in [-0.2, 0) is 11.3 Å². The third-order valence-electron chi connectivity index (χ3n) is 4.96. The van der Waals surface area contributed by atoms with E-state index in [9.17, 15) is 4.79 Å². The van der Waals surface area contributed by atoms with Crippen LogP contribution in [0.15, 0.2) is 36.7 Å². The number of hydrogen-bond acceptors (Lipinski definition) is 6. The fourth-order valence-corrected chi connectivity index (χ4v) is 3.52. The molecule has 3 aromatic rings. The summed E-state index contributed by atoms with van der Waals surface area (Å²) in [7, 11) is 0. The number of para-hydroxylation sites is 2. The molecule has 0 aliphatic carbocycles. The number of aryl methyl sites for hydroxylation is 1. The van der Waals surface area contributed by atoms with Crippen molar-refractivity contribution in [1.29, 1.82) is 0 Å². The van der Waals surface area contributed by atoms with E-state index in [1.165, 1.54) is 0 Å². The van der Waals surface area contributed by atoms with E-state index in [0.29, 0.717) is 25.6 Å². The van der Waals surface area contributed by atoms with Crippen molar-refractivity contribution in [2.75, 3.05) is 42.9 Å². The zero-order valence-corrected chi connectivity index (χ0v) is 16.3. The van der Waals surface area contributed by atoms with Gasteiger partial charge in [-0.05, 0) is 26.0 Å². The molecule has 0 bridgehead atoms. The monoisotopic (exact) mass is 379 g/mol. The number of nitrogens with one attached hydrogen (secondary N) is 1. The van der Waals surface area contributed by atoms with Gasteiger partial charge in [0, 0.05) is 44.5 Å². The third-order valence-corrected chi connectivity index (χ3v) is 4.96. The Hall–Kier alpha value is -3.16. The highest BCUT2D eigenvalue weighted by Crippen LogP contribution is 2.18. The number of hydrogen-bond donors (Lipinski definition) is 1. The van der Waals surface area contributed by atoms with Gasteiger partial charge in [-0.1, -0.05) is 12.1 Å². The number of benzene rings is 1. The van der Waals surface area contributed by atoms with Gasteiger partial charge in [0.05, 0.1) is 17.4 Å². The van der Waals surface area contributed by atoms with Crippen LogP contribution in [0.5, 0.6) is 0 Å². The average molecular weight is 379 g/mol. The summed E-state index contributed by atoms with van der Waals surface area (Å²) >= 11 is 0. The topological polar surface area (TPSA) is 79.2 Å². The first kappa shape index (κ1) is 18.2. The second kappa shape index (κ2) is 7.84. The molecule has 0 saturated carbocycles. The quantitative estimate of drug-likeness (QED) is 0.730. The van der Waals surface area contributed by atoms with Crippen LogP contribution >= 0.6 is 0 Å². The van der Waals surface area contributed by atoms with Crippen molar-refractivity contribution in [2.45, 2.75) is 20.4 Å². The van der Waals surface area contributed by atoms with Crippen molar-refractivity contribution >= 4 is 28.7 Å². The van der Waals surface area contributed by atoms with Crippen LogP contribution in [0, 0.1) is 6.92 Å². The summed E-state index contributed by atoms with van der Waals surface area (Å²) in [6.45, 7) is 8.00. The van der Waals surface area contributed by atoms with Crippen LogP contribution in [0.25, 0.3) is 11.0 Å². The van der Waals surface area contributed by atoms with Gasteiger partial charge in [0.15, 0.2) is 0 Å². The van der Waals surface area contributed by atoms with E-state index in [0.717, 1.165) is 42.2 Å². The predicted molar refractivity (Wildman–Crippen MR) is 109 cm³/mol. The zero-order chi connectivity index (χ0) is 19.5. The number of nitrogens with zero attached hydrogens (tertiary/aromatic N) is 6. The normalized spacial score (nSPS) is 14.5. The summed E-state index contributed by atoms with van der Waals surface area (Å²) in [4.78, 5) is 30.3. The van der Waals surface area contributed by atoms with Crippen molar-refractivity contribution < 1.29 is 4.79 Å². The van der Waals surface area contributed by atoms with Crippen molar-refractivity contribution in [3.05, 3.63) is 42.4 Å². The molecule has 4 rings (SSSR count). The van der Waals surface area contributed by atoms with Crippen LogP contribution in [0.3, 0.4) is 0 Å². The second-order valence-corrected chi connectivity index (χ2v) is 6.95. The smallest absolute Gasteiger partial charge is 0.242 e. The molecule has 3 heterocycles. The lowest BCUT2D eigenvalue weighted by atomic mass is 10.3. The van der Waals surface area contributed by atoms with E-state index < -0.39 is 0 Å². The summed E-state index contributed by atoms with van der Waals surface area (Å²) in [6.07, 6.45) is 1.74. The number of piperazine rings is 1. The molecule has 0 radical (unpaired) electrons. The van der Waals surface area contributed by atoms with Gasteiger partial charge in [-0.2, -0.15) is 4.98 Å². The summed E-state index contributed by atoms with van der Waals surface area (Å²) < 4.78 is 1.92. The van der Waals surface area contributed by atoms with Crippen molar-refractivity contribution in [1.82, 2.24) is 24.4 Å². The fraction of sp³-hybridized carbons (Fsp3) is 0.400. The minimum absolute atomic E-state index is 0.120. The number of carbonyl (C=O) groups is 1. The van der Waals surface area contributed by atoms with Gasteiger partial charge >= 0.3 is 0 Å². The Kier molecular flexibility index (Phi) is 5.10. The highest BCUT2D eigenvalue weighted by atomic mass is 16.2. The van der Waals surface area contributed by atoms with Gasteiger partial charge in [-0.25, -0.2) is 9.97 Å². The van der Waals surface area contributed by atoms with E-state index in [-0.39, 0.29) is 5.91 Å². The number of anilines is 2. The lowest BCUT2D eigenvalue weighted by Crippen LogP contribution is -2.49. The average Bonchev–Trinajstić information content (AvgIpc) is 3.11. The summed E-state index contributed by atoms with van der Waals surface area (Å²) in [6, 6.07) is 9.87. The highest BCUT2D eigenvalue weighted by Gasteiger charge is 2.23. The Morgan fingerprint density at radius 1 is 1.14 bits per heavy atom. The van der Waals surface area contributed by atoms with Gasteiger partial charge in [0.1, 0.15) is 12.4 Å². The number of rotatable bonds is 5. The fourth-order valence-electron chi connectivity index (χ4n) is 3.52. The van der Waals surface area contributed by atoms with Crippen molar-refractivity contribution in [3.63, 3.8) is 0 Å². The zero-order valence-electron chi connectivity index (χ0n) is 16.3. The molecule has 1 aliphatic rings. The van der Waals surface area contributed by atoms with Crippen LogP contribution in [-0.4, -0.2) is 63.0 Å². The molecule has 0 atom stereocenters. The van der Waals surface area contributed by atoms with Gasteiger partial charge in [0.2, 0.25) is 11.9 Å². The molecule has 146 valence electrons. The first-order chi connectivity index (χ1) is 13.6. The molecule has 0 spiro atoms. The molecule has 8 heteroatoms. The second-order valence-electron chi connectivity index (χ2n) is 6.95. The number of carbonyl (C=O) groups excluding carboxylic acids is 1. The molecule has 1 fully saturated rings. The van der Waals surface area contributed by atoms with Crippen molar-refractivity contribution in [3.8, 4) is 0 Å². The Balaban J connectivity index is 1.39. The maximum Gasteiger partial charge on any atom is 0.242 e. The lowest BCUT2D eigenvalue weighted by molar-refractivity contribution is -0.132. The Labute approximate surface area is 164 Å². The molecule has 0 unspecified atom stereocenters. The molecule has 8 nitrogen and oxygen atoms in total. The van der Waals surface area contributed by atoms with Crippen LogP contribution < -0.4 is 10.2 Å². The van der Waals surface area contributed by atoms with Gasteiger partial charge < -0.3 is 19.7 Å². The Morgan fingerprint density at radius 3 is 2.71 bits per heavy atom. The van der Waals surface area contributed by atoms with Crippen molar-refractivity contribution in [2.24, 2.45) is 0 Å². The maximum atomic E-state index is 12.8. The van der Waals surface area contributed by atoms with E-state index in [1.54, 1.807) is 6.33 Å². The summed E-state index contributed by atoms with van der Waals surface area (Å²) in [5.41, 5.74) is 2.84. The first-order valence-corrected chi connectivity index (χ1v) is 9.66. The molecule has 28 heavy (non-hydrogen) atoms. The summed E-state index contributed by atoms with van der Waals surface area (Å²) in [5, 5.41) is 3.17. The number of imidazole rings is 1. The van der Waals surface area contributed by atoms with Crippen LogP contribution in [0.2, 0.25) is 0 Å². The summed E-state index contributed by atoms with van der Waals surface area (Å²) in [5.74, 6) is 1.69. The van der Waals surface area contributed by atoms with Crippen LogP contribution in [0.1, 0.15) is 12.6 Å². The Bertz CT molecular complexity index is 976. The van der Waals surface area contributed by atoms with Gasteiger partial charge in [-0.15, -0.1) is 0 Å². The molecule has 1 saturated heterocycles. The third kappa shape index (κ3) is 3.76. The molecule has 1 N–H and O–H groups in total. The molecular weight excluding hydrogens is 354 g/mol. The molecule has 2 aromatic heterocycles. The van der Waals surface area contributed by atoms with Gasteiger partial charge in [0.25, 0.3) is 0 Å². The standard InChI is InChI=1S/C20H25N7O/c1-3-21-20-23-15(2)12-18(24-20)25-8-10-26(11-9-25)19(28)13-27-14-22-16-6-4-5-7-17(16)27/h4-7,12,14H,3,8-11,13H2,1-2H3,(H,21,23,24).